The van der Waals surface area contributed by atoms with E-state index in [1.54, 1.807) is 24.3 Å². The van der Waals surface area contributed by atoms with Crippen molar-refractivity contribution >= 4 is 23.3 Å². The van der Waals surface area contributed by atoms with Gasteiger partial charge in [-0.3, -0.25) is 19.8 Å². The van der Waals surface area contributed by atoms with E-state index in [0.29, 0.717) is 22.4 Å². The van der Waals surface area contributed by atoms with Crippen LogP contribution in [0.3, 0.4) is 0 Å². The van der Waals surface area contributed by atoms with E-state index >= 15 is 0 Å². The van der Waals surface area contributed by atoms with Crippen LogP contribution in [0.4, 0.5) is 17.1 Å². The van der Waals surface area contributed by atoms with Gasteiger partial charge in [-0.15, -0.1) is 0 Å². The van der Waals surface area contributed by atoms with E-state index in [0.717, 1.165) is 11.4 Å². The van der Waals surface area contributed by atoms with Crippen LogP contribution in [-0.2, 0) is 24.1 Å². The van der Waals surface area contributed by atoms with Crippen LogP contribution in [-0.4, -0.2) is 30.7 Å². The Balaban J connectivity index is 0.00000324. The molecule has 2 N–H and O–H groups in total. The first kappa shape index (κ1) is 24.5. The molecule has 3 aromatic carbocycles. The molecule has 9 nitrogen and oxygen atoms in total. The Morgan fingerprint density at radius 1 is 0.971 bits per heavy atom. The van der Waals surface area contributed by atoms with E-state index in [2.05, 4.69) is 4.99 Å². The van der Waals surface area contributed by atoms with Crippen molar-refractivity contribution in [3.8, 4) is 17.2 Å². The van der Waals surface area contributed by atoms with Crippen LogP contribution in [0, 0.1) is 17.0 Å². The molecule has 4 aromatic rings. The summed E-state index contributed by atoms with van der Waals surface area (Å²) in [6.07, 6.45) is 1.50. The SMILES string of the molecule is Cc1c(N=Cc2ccc([N+](=O)[O-])c(O)c2)c(=Nc2ccccc2O)n(-c2ccccc2)n1C.[Mn]. The van der Waals surface area contributed by atoms with Gasteiger partial charge >= 0.3 is 5.69 Å². The summed E-state index contributed by atoms with van der Waals surface area (Å²) in [5, 5.41) is 31.2. The molecule has 4 rings (SSSR count). The Hall–Kier alpha value is -4.14. The van der Waals surface area contributed by atoms with E-state index < -0.39 is 10.7 Å². The van der Waals surface area contributed by atoms with Gasteiger partial charge in [0.05, 0.1) is 16.3 Å². The van der Waals surface area contributed by atoms with Crippen LogP contribution in [0.15, 0.2) is 82.8 Å². The predicted molar refractivity (Wildman–Crippen MR) is 125 cm³/mol. The zero-order chi connectivity index (χ0) is 23.5. The molecule has 0 spiro atoms. The number of hydrogen-bond donors (Lipinski definition) is 2. The summed E-state index contributed by atoms with van der Waals surface area (Å²) in [6.45, 7) is 1.89. The summed E-state index contributed by atoms with van der Waals surface area (Å²) in [7, 11) is 1.88. The van der Waals surface area contributed by atoms with Gasteiger partial charge in [-0.25, -0.2) is 9.67 Å². The van der Waals surface area contributed by atoms with Crippen LogP contribution >= 0.6 is 0 Å². The normalized spacial score (nSPS) is 11.5. The smallest absolute Gasteiger partial charge is 0.310 e. The van der Waals surface area contributed by atoms with Crippen LogP contribution in [0.2, 0.25) is 0 Å². The van der Waals surface area contributed by atoms with Crippen LogP contribution in [0.25, 0.3) is 5.69 Å². The van der Waals surface area contributed by atoms with E-state index in [4.69, 9.17) is 4.99 Å². The molecule has 0 aliphatic carbocycles. The zero-order valence-corrected chi connectivity index (χ0v) is 19.5. The Bertz CT molecular complexity index is 1440. The first-order valence-corrected chi connectivity index (χ1v) is 10.0. The summed E-state index contributed by atoms with van der Waals surface area (Å²) < 4.78 is 3.77. The number of phenols is 2. The second-order valence-corrected chi connectivity index (χ2v) is 7.29. The fraction of sp³-hybridized carbons (Fsp3) is 0.0833. The summed E-state index contributed by atoms with van der Waals surface area (Å²) in [4.78, 5) is 19.6. The Morgan fingerprint density at radius 2 is 1.65 bits per heavy atom. The third-order valence-electron chi connectivity index (χ3n) is 5.19. The standard InChI is InChI=1S/C24H21N5O4.Mn/c1-16-23(25-15-17-12-13-20(29(32)33)22(31)14-17)24(26-19-10-6-7-11-21(19)30)28(27(16)2)18-8-4-3-5-9-18;/h3-15,30-31H,1-2H3;. The molecule has 1 radical (unpaired) electrons. The second kappa shape index (κ2) is 10.2. The van der Waals surface area contributed by atoms with Crippen LogP contribution in [0.5, 0.6) is 11.5 Å². The molecule has 0 fully saturated rings. The molecule has 0 atom stereocenters. The average Bonchev–Trinajstić information content (AvgIpc) is 3.03. The molecule has 0 aliphatic heterocycles. The third kappa shape index (κ3) is 4.78. The molecule has 1 aromatic heterocycles. The average molecular weight is 498 g/mol. The summed E-state index contributed by atoms with van der Waals surface area (Å²) in [5.74, 6) is -0.402. The number of aliphatic imine (C=N–C) groups is 1. The van der Waals surface area contributed by atoms with Crippen molar-refractivity contribution in [2.45, 2.75) is 6.92 Å². The monoisotopic (exact) mass is 498 g/mol. The summed E-state index contributed by atoms with van der Waals surface area (Å²) in [5.41, 5.74) is 3.19. The fourth-order valence-corrected chi connectivity index (χ4v) is 3.41. The van der Waals surface area contributed by atoms with Gasteiger partial charge in [-0.1, -0.05) is 30.3 Å². The first-order valence-electron chi connectivity index (χ1n) is 10.0. The number of para-hydroxylation sites is 3. The van der Waals surface area contributed by atoms with Gasteiger partial charge in [0.15, 0.2) is 11.2 Å². The van der Waals surface area contributed by atoms with Crippen LogP contribution < -0.4 is 5.49 Å². The van der Waals surface area contributed by atoms with Gasteiger partial charge in [0, 0.05) is 36.4 Å². The molecule has 0 unspecified atom stereocenters. The van der Waals surface area contributed by atoms with Crippen molar-refractivity contribution < 1.29 is 32.2 Å². The minimum absolute atomic E-state index is 0. The number of hydrogen-bond acceptors (Lipinski definition) is 6. The first-order chi connectivity index (χ1) is 15.9. The van der Waals surface area contributed by atoms with E-state index in [9.17, 15) is 20.3 Å². The fourth-order valence-electron chi connectivity index (χ4n) is 3.41. The minimum atomic E-state index is -0.649. The van der Waals surface area contributed by atoms with Crippen molar-refractivity contribution in [1.82, 2.24) is 9.36 Å². The Morgan fingerprint density at radius 3 is 2.29 bits per heavy atom. The summed E-state index contributed by atoms with van der Waals surface area (Å²) >= 11 is 0. The Kier molecular flexibility index (Phi) is 7.35. The minimum Gasteiger partial charge on any atom is -0.506 e. The topological polar surface area (TPSA) is 118 Å². The van der Waals surface area contributed by atoms with E-state index in [1.165, 1.54) is 24.4 Å². The third-order valence-corrected chi connectivity index (χ3v) is 5.19. The molecule has 34 heavy (non-hydrogen) atoms. The molecule has 1 heterocycles. The Labute approximate surface area is 205 Å². The molecular formula is C24H21MnN5O4. The molecule has 0 bridgehead atoms. The van der Waals surface area contributed by atoms with Gasteiger partial charge in [-0.2, -0.15) is 0 Å². The molecule has 10 heteroatoms. The number of nitrogens with zero attached hydrogens (tertiary/aromatic N) is 5. The van der Waals surface area contributed by atoms with Gasteiger partial charge in [0.2, 0.25) is 0 Å². The molecule has 0 saturated heterocycles. The number of aromatic hydroxyl groups is 2. The predicted octanol–water partition coefficient (Wildman–Crippen LogP) is 4.42. The largest absolute Gasteiger partial charge is 0.506 e. The molecule has 173 valence electrons. The number of rotatable bonds is 5. The number of phenolic OH excluding ortho intramolecular Hbond substituents is 2. The maximum atomic E-state index is 11.0. The van der Waals surface area contributed by atoms with Crippen molar-refractivity contribution in [3.63, 3.8) is 0 Å². The maximum Gasteiger partial charge on any atom is 0.310 e. The van der Waals surface area contributed by atoms with Gasteiger partial charge in [-0.05, 0) is 48.9 Å². The van der Waals surface area contributed by atoms with Crippen molar-refractivity contribution in [2.75, 3.05) is 0 Å². The molecule has 0 saturated carbocycles. The summed E-state index contributed by atoms with van der Waals surface area (Å²) in [6, 6.07) is 20.4. The van der Waals surface area contributed by atoms with E-state index in [1.807, 2.05) is 53.7 Å². The molecule has 0 aliphatic rings. The van der Waals surface area contributed by atoms with Crippen molar-refractivity contribution in [3.05, 3.63) is 99.7 Å². The number of nitro benzene ring substituents is 1. The quantitative estimate of drug-likeness (QED) is 0.183. The van der Waals surface area contributed by atoms with Crippen molar-refractivity contribution in [1.29, 1.82) is 0 Å². The van der Waals surface area contributed by atoms with E-state index in [-0.39, 0.29) is 28.5 Å². The molecular weight excluding hydrogens is 477 g/mol. The maximum absolute atomic E-state index is 11.0. The van der Waals surface area contributed by atoms with Crippen molar-refractivity contribution in [2.24, 2.45) is 17.0 Å². The molecule has 0 amide bonds. The van der Waals surface area contributed by atoms with Gasteiger partial charge in [0.25, 0.3) is 0 Å². The van der Waals surface area contributed by atoms with Gasteiger partial charge < -0.3 is 10.2 Å². The van der Waals surface area contributed by atoms with Crippen LogP contribution in [0.1, 0.15) is 11.3 Å². The number of nitro groups is 1. The zero-order valence-electron chi connectivity index (χ0n) is 18.3. The second-order valence-electron chi connectivity index (χ2n) is 7.29. The number of aromatic nitrogens is 2. The van der Waals surface area contributed by atoms with Gasteiger partial charge in [0.1, 0.15) is 17.1 Å². The number of benzene rings is 3.